The number of unbranched alkanes of at least 4 members (excludes halogenated alkanes) is 2. The smallest absolute Gasteiger partial charge is 0.236 e. The van der Waals surface area contributed by atoms with Gasteiger partial charge in [-0.15, -0.1) is 5.10 Å². The zero-order chi connectivity index (χ0) is 15.6. The Hall–Kier alpha value is -2.33. The molecular weight excluding hydrogens is 300 g/mol. The SMILES string of the molecule is N#CCCCCOc1cccc(C=NN=C2NC(=O)CS2)c1. The predicted molar refractivity (Wildman–Crippen MR) is 87.0 cm³/mol. The second kappa shape index (κ2) is 8.85. The number of thioether (sulfide) groups is 1. The van der Waals surface area contributed by atoms with Gasteiger partial charge in [-0.2, -0.15) is 10.4 Å². The fourth-order valence-corrected chi connectivity index (χ4v) is 2.34. The van der Waals surface area contributed by atoms with Crippen molar-refractivity contribution < 1.29 is 9.53 Å². The molecule has 1 aliphatic heterocycles. The first-order valence-electron chi connectivity index (χ1n) is 6.91. The van der Waals surface area contributed by atoms with E-state index < -0.39 is 0 Å². The molecule has 1 saturated heterocycles. The molecule has 1 N–H and O–H groups in total. The van der Waals surface area contributed by atoms with Crippen LogP contribution < -0.4 is 10.1 Å². The van der Waals surface area contributed by atoms with Crippen LogP contribution in [0.3, 0.4) is 0 Å². The molecule has 1 amide bonds. The Labute approximate surface area is 133 Å². The minimum absolute atomic E-state index is 0.0502. The van der Waals surface area contributed by atoms with Gasteiger partial charge >= 0.3 is 0 Å². The normalized spacial score (nSPS) is 16.0. The summed E-state index contributed by atoms with van der Waals surface area (Å²) >= 11 is 1.33. The number of carbonyl (C=O) groups excluding carboxylic acids is 1. The highest BCUT2D eigenvalue weighted by atomic mass is 32.2. The lowest BCUT2D eigenvalue weighted by molar-refractivity contribution is -0.116. The summed E-state index contributed by atoms with van der Waals surface area (Å²) in [5.74, 6) is 1.10. The van der Waals surface area contributed by atoms with Crippen LogP contribution in [0.2, 0.25) is 0 Å². The van der Waals surface area contributed by atoms with Crippen LogP contribution in [-0.2, 0) is 4.79 Å². The molecule has 0 aromatic heterocycles. The van der Waals surface area contributed by atoms with E-state index in [-0.39, 0.29) is 5.91 Å². The van der Waals surface area contributed by atoms with Crippen molar-refractivity contribution in [2.24, 2.45) is 10.2 Å². The van der Waals surface area contributed by atoms with E-state index in [9.17, 15) is 4.79 Å². The zero-order valence-electron chi connectivity index (χ0n) is 12.0. The minimum Gasteiger partial charge on any atom is -0.494 e. The first kappa shape index (κ1) is 16.0. The van der Waals surface area contributed by atoms with Crippen molar-refractivity contribution in [1.82, 2.24) is 5.32 Å². The van der Waals surface area contributed by atoms with E-state index in [0.29, 0.717) is 23.9 Å². The van der Waals surface area contributed by atoms with Gasteiger partial charge in [0.15, 0.2) is 5.17 Å². The Morgan fingerprint density at radius 1 is 1.45 bits per heavy atom. The molecule has 0 spiro atoms. The highest BCUT2D eigenvalue weighted by molar-refractivity contribution is 8.15. The second-order valence-electron chi connectivity index (χ2n) is 4.52. The summed E-state index contributed by atoms with van der Waals surface area (Å²) in [7, 11) is 0. The van der Waals surface area contributed by atoms with E-state index in [4.69, 9.17) is 10.00 Å². The summed E-state index contributed by atoms with van der Waals surface area (Å²) in [5, 5.41) is 19.5. The summed E-state index contributed by atoms with van der Waals surface area (Å²) in [6.07, 6.45) is 3.88. The highest BCUT2D eigenvalue weighted by Gasteiger charge is 2.15. The van der Waals surface area contributed by atoms with Gasteiger partial charge in [0, 0.05) is 6.42 Å². The van der Waals surface area contributed by atoms with E-state index in [0.717, 1.165) is 24.2 Å². The second-order valence-corrected chi connectivity index (χ2v) is 5.49. The number of nitriles is 1. The van der Waals surface area contributed by atoms with Gasteiger partial charge in [-0.05, 0) is 30.5 Å². The van der Waals surface area contributed by atoms with Crippen LogP contribution >= 0.6 is 11.8 Å². The third-order valence-corrected chi connectivity index (χ3v) is 3.62. The third kappa shape index (κ3) is 5.58. The molecular formula is C15H16N4O2S. The first-order valence-corrected chi connectivity index (χ1v) is 7.90. The maximum Gasteiger partial charge on any atom is 0.236 e. The highest BCUT2D eigenvalue weighted by Crippen LogP contribution is 2.13. The Morgan fingerprint density at radius 2 is 2.36 bits per heavy atom. The largest absolute Gasteiger partial charge is 0.494 e. The molecule has 0 atom stereocenters. The molecule has 7 heteroatoms. The van der Waals surface area contributed by atoms with Crippen LogP contribution in [0.25, 0.3) is 0 Å². The number of rotatable bonds is 7. The molecule has 1 aliphatic rings. The molecule has 1 fully saturated rings. The van der Waals surface area contributed by atoms with Crippen LogP contribution in [0.1, 0.15) is 24.8 Å². The molecule has 0 aliphatic carbocycles. The summed E-state index contributed by atoms with van der Waals surface area (Å²) in [5.41, 5.74) is 0.869. The van der Waals surface area contributed by atoms with Crippen LogP contribution in [0, 0.1) is 11.3 Å². The lowest BCUT2D eigenvalue weighted by Crippen LogP contribution is -2.19. The van der Waals surface area contributed by atoms with Crippen molar-refractivity contribution in [3.05, 3.63) is 29.8 Å². The molecule has 0 unspecified atom stereocenters. The van der Waals surface area contributed by atoms with Gasteiger partial charge in [0.1, 0.15) is 5.75 Å². The zero-order valence-corrected chi connectivity index (χ0v) is 12.8. The Kier molecular flexibility index (Phi) is 6.45. The van der Waals surface area contributed by atoms with Crippen LogP contribution in [0.15, 0.2) is 34.5 Å². The summed E-state index contributed by atoms with van der Waals surface area (Å²) in [6, 6.07) is 9.63. The van der Waals surface area contributed by atoms with Gasteiger partial charge in [0.05, 0.1) is 24.6 Å². The van der Waals surface area contributed by atoms with Crippen molar-refractivity contribution in [2.75, 3.05) is 12.4 Å². The number of ether oxygens (including phenoxy) is 1. The summed E-state index contributed by atoms with van der Waals surface area (Å²) < 4.78 is 5.62. The topological polar surface area (TPSA) is 86.8 Å². The van der Waals surface area contributed by atoms with Gasteiger partial charge < -0.3 is 10.1 Å². The van der Waals surface area contributed by atoms with Crippen LogP contribution in [-0.4, -0.2) is 29.6 Å². The minimum atomic E-state index is -0.0502. The number of hydrogen-bond acceptors (Lipinski definition) is 6. The lowest BCUT2D eigenvalue weighted by Gasteiger charge is -2.05. The fraction of sp³-hybridized carbons (Fsp3) is 0.333. The number of nitrogens with one attached hydrogen (secondary N) is 1. The lowest BCUT2D eigenvalue weighted by atomic mass is 10.2. The van der Waals surface area contributed by atoms with Gasteiger partial charge in [-0.3, -0.25) is 4.79 Å². The Balaban J connectivity index is 1.83. The quantitative estimate of drug-likeness (QED) is 0.475. The fourth-order valence-electron chi connectivity index (χ4n) is 1.71. The molecule has 1 aromatic carbocycles. The maximum absolute atomic E-state index is 11.0. The van der Waals surface area contributed by atoms with E-state index in [1.54, 1.807) is 6.21 Å². The molecule has 1 heterocycles. The number of nitrogens with zero attached hydrogens (tertiary/aromatic N) is 3. The molecule has 114 valence electrons. The van der Waals surface area contributed by atoms with Crippen LogP contribution in [0.5, 0.6) is 5.75 Å². The average Bonchev–Trinajstić information content (AvgIpc) is 2.93. The van der Waals surface area contributed by atoms with Gasteiger partial charge in [0.25, 0.3) is 0 Å². The summed E-state index contributed by atoms with van der Waals surface area (Å²) in [6.45, 7) is 0.591. The molecule has 0 bridgehead atoms. The Bertz CT molecular complexity index is 622. The van der Waals surface area contributed by atoms with Crippen molar-refractivity contribution >= 4 is 29.1 Å². The van der Waals surface area contributed by atoms with Crippen molar-refractivity contribution in [1.29, 1.82) is 5.26 Å². The average molecular weight is 316 g/mol. The standard InChI is InChI=1S/C15H16N4O2S/c16-7-2-1-3-8-21-13-6-4-5-12(9-13)10-17-19-15-18-14(20)11-22-15/h4-6,9-10H,1-3,8,11H2,(H,18,19,20). The van der Waals surface area contributed by atoms with E-state index in [2.05, 4.69) is 21.6 Å². The maximum atomic E-state index is 11.0. The van der Waals surface area contributed by atoms with Gasteiger partial charge in [-0.25, -0.2) is 0 Å². The number of amides is 1. The molecule has 0 radical (unpaired) electrons. The number of amidine groups is 1. The number of benzene rings is 1. The molecule has 1 aromatic rings. The molecule has 0 saturated carbocycles. The predicted octanol–water partition coefficient (Wildman–Crippen LogP) is 2.31. The monoisotopic (exact) mass is 316 g/mol. The first-order chi connectivity index (χ1) is 10.8. The van der Waals surface area contributed by atoms with E-state index in [1.165, 1.54) is 11.8 Å². The Morgan fingerprint density at radius 3 is 3.14 bits per heavy atom. The molecule has 2 rings (SSSR count). The number of hydrogen-bond donors (Lipinski definition) is 1. The molecule has 6 nitrogen and oxygen atoms in total. The van der Waals surface area contributed by atoms with Crippen LogP contribution in [0.4, 0.5) is 0 Å². The van der Waals surface area contributed by atoms with E-state index in [1.807, 2.05) is 24.3 Å². The third-order valence-electron chi connectivity index (χ3n) is 2.75. The number of carbonyl (C=O) groups is 1. The van der Waals surface area contributed by atoms with Gasteiger partial charge in [-0.1, -0.05) is 23.9 Å². The van der Waals surface area contributed by atoms with Crippen molar-refractivity contribution in [3.63, 3.8) is 0 Å². The molecule has 22 heavy (non-hydrogen) atoms. The van der Waals surface area contributed by atoms with Crippen molar-refractivity contribution in [2.45, 2.75) is 19.3 Å². The van der Waals surface area contributed by atoms with Crippen molar-refractivity contribution in [3.8, 4) is 11.8 Å². The van der Waals surface area contributed by atoms with Gasteiger partial charge in [0.2, 0.25) is 5.91 Å². The van der Waals surface area contributed by atoms with E-state index >= 15 is 0 Å². The summed E-state index contributed by atoms with van der Waals surface area (Å²) in [4.78, 5) is 11.0.